The van der Waals surface area contributed by atoms with E-state index in [1.807, 2.05) is 4.90 Å². The standard InChI is InChI=1S/C17H23ClN2O2/c1-2-3-4-8-16(21)19-9-11-20(12-10-19)17(22)14-6-5-7-15(18)13-14/h5-7,13H,2-4,8-12H2,1H3. The summed E-state index contributed by atoms with van der Waals surface area (Å²) in [5.74, 6) is 0.198. The molecule has 0 unspecified atom stereocenters. The molecule has 0 bridgehead atoms. The molecule has 0 aliphatic carbocycles. The van der Waals surface area contributed by atoms with Crippen LogP contribution in [0.3, 0.4) is 0 Å². The maximum absolute atomic E-state index is 12.4. The van der Waals surface area contributed by atoms with Crippen LogP contribution in [0.15, 0.2) is 24.3 Å². The Bertz CT molecular complexity index is 525. The zero-order valence-electron chi connectivity index (χ0n) is 13.1. The first kappa shape index (κ1) is 16.8. The molecule has 1 aromatic carbocycles. The summed E-state index contributed by atoms with van der Waals surface area (Å²) in [6.07, 6.45) is 3.79. The van der Waals surface area contributed by atoms with Crippen LogP contribution in [0.25, 0.3) is 0 Å². The second-order valence-corrected chi connectivity index (χ2v) is 6.08. The first-order chi connectivity index (χ1) is 10.6. The SMILES string of the molecule is CCCCCC(=O)N1CCN(C(=O)c2cccc(Cl)c2)CC1. The molecule has 0 aromatic heterocycles. The maximum atomic E-state index is 12.4. The molecule has 2 rings (SSSR count). The van der Waals surface area contributed by atoms with Gasteiger partial charge < -0.3 is 9.80 Å². The molecule has 0 N–H and O–H groups in total. The average Bonchev–Trinajstić information content (AvgIpc) is 2.54. The van der Waals surface area contributed by atoms with Crippen molar-refractivity contribution in [2.45, 2.75) is 32.6 Å². The zero-order valence-corrected chi connectivity index (χ0v) is 13.8. The summed E-state index contributed by atoms with van der Waals surface area (Å²) < 4.78 is 0. The fourth-order valence-corrected chi connectivity index (χ4v) is 2.84. The van der Waals surface area contributed by atoms with Gasteiger partial charge in [-0.15, -0.1) is 0 Å². The predicted octanol–water partition coefficient (Wildman–Crippen LogP) is 3.20. The van der Waals surface area contributed by atoms with Crippen LogP contribution in [-0.2, 0) is 4.79 Å². The Balaban J connectivity index is 1.84. The van der Waals surface area contributed by atoms with Gasteiger partial charge >= 0.3 is 0 Å². The molecular weight excluding hydrogens is 300 g/mol. The highest BCUT2D eigenvalue weighted by Gasteiger charge is 2.24. The van der Waals surface area contributed by atoms with E-state index in [4.69, 9.17) is 11.6 Å². The lowest BCUT2D eigenvalue weighted by Gasteiger charge is -2.35. The van der Waals surface area contributed by atoms with Crippen molar-refractivity contribution in [1.29, 1.82) is 0 Å². The van der Waals surface area contributed by atoms with Crippen molar-refractivity contribution in [2.75, 3.05) is 26.2 Å². The van der Waals surface area contributed by atoms with Gasteiger partial charge in [-0.1, -0.05) is 37.4 Å². The van der Waals surface area contributed by atoms with E-state index in [0.29, 0.717) is 43.2 Å². The fourth-order valence-electron chi connectivity index (χ4n) is 2.65. The summed E-state index contributed by atoms with van der Waals surface area (Å²) >= 11 is 5.93. The molecule has 0 spiro atoms. The Hall–Kier alpha value is -1.55. The van der Waals surface area contributed by atoms with Gasteiger partial charge in [0, 0.05) is 43.2 Å². The minimum Gasteiger partial charge on any atom is -0.339 e. The number of benzene rings is 1. The fraction of sp³-hybridized carbons (Fsp3) is 0.529. The molecule has 5 heteroatoms. The third-order valence-corrected chi connectivity index (χ3v) is 4.22. The molecule has 1 saturated heterocycles. The summed E-state index contributed by atoms with van der Waals surface area (Å²) in [7, 11) is 0. The third-order valence-electron chi connectivity index (χ3n) is 3.99. The number of rotatable bonds is 5. The average molecular weight is 323 g/mol. The normalized spacial score (nSPS) is 15.0. The zero-order chi connectivity index (χ0) is 15.9. The van der Waals surface area contributed by atoms with E-state index in [-0.39, 0.29) is 11.8 Å². The van der Waals surface area contributed by atoms with Gasteiger partial charge in [-0.05, 0) is 24.6 Å². The molecule has 4 nitrogen and oxygen atoms in total. The number of nitrogens with zero attached hydrogens (tertiary/aromatic N) is 2. The van der Waals surface area contributed by atoms with E-state index in [0.717, 1.165) is 19.3 Å². The lowest BCUT2D eigenvalue weighted by atomic mass is 10.1. The van der Waals surface area contributed by atoms with Crippen LogP contribution in [0.4, 0.5) is 0 Å². The summed E-state index contributed by atoms with van der Waals surface area (Å²) in [5, 5.41) is 0.565. The number of hydrogen-bond acceptors (Lipinski definition) is 2. The van der Waals surface area contributed by atoms with Gasteiger partial charge in [0.25, 0.3) is 5.91 Å². The maximum Gasteiger partial charge on any atom is 0.254 e. The van der Waals surface area contributed by atoms with Gasteiger partial charge in [0.2, 0.25) is 5.91 Å². The van der Waals surface area contributed by atoms with Crippen LogP contribution in [0.1, 0.15) is 43.0 Å². The van der Waals surface area contributed by atoms with Crippen LogP contribution in [0, 0.1) is 0 Å². The Kier molecular flexibility index (Phi) is 6.25. The number of halogens is 1. The highest BCUT2D eigenvalue weighted by molar-refractivity contribution is 6.30. The third kappa shape index (κ3) is 4.47. The Morgan fingerprint density at radius 1 is 1.09 bits per heavy atom. The van der Waals surface area contributed by atoms with Crippen LogP contribution in [0.5, 0.6) is 0 Å². The largest absolute Gasteiger partial charge is 0.339 e. The van der Waals surface area contributed by atoms with Crippen molar-refractivity contribution in [1.82, 2.24) is 9.80 Å². The summed E-state index contributed by atoms with van der Waals surface area (Å²) in [6, 6.07) is 7.00. The number of hydrogen-bond donors (Lipinski definition) is 0. The quantitative estimate of drug-likeness (QED) is 0.781. The van der Waals surface area contributed by atoms with Crippen molar-refractivity contribution in [3.63, 3.8) is 0 Å². The molecule has 1 heterocycles. The second-order valence-electron chi connectivity index (χ2n) is 5.64. The van der Waals surface area contributed by atoms with Crippen molar-refractivity contribution in [3.8, 4) is 0 Å². The minimum absolute atomic E-state index is 0.0134. The molecular formula is C17H23ClN2O2. The molecule has 0 atom stereocenters. The lowest BCUT2D eigenvalue weighted by Crippen LogP contribution is -2.50. The predicted molar refractivity (Wildman–Crippen MR) is 88.1 cm³/mol. The smallest absolute Gasteiger partial charge is 0.254 e. The minimum atomic E-state index is -0.0134. The second kappa shape index (κ2) is 8.18. The number of unbranched alkanes of at least 4 members (excludes halogenated alkanes) is 2. The Labute approximate surface area is 137 Å². The Morgan fingerprint density at radius 2 is 1.77 bits per heavy atom. The van der Waals surface area contributed by atoms with Gasteiger partial charge in [-0.25, -0.2) is 0 Å². The number of amides is 2. The molecule has 22 heavy (non-hydrogen) atoms. The van der Waals surface area contributed by atoms with E-state index in [1.54, 1.807) is 29.2 Å². The first-order valence-electron chi connectivity index (χ1n) is 7.94. The number of carbonyl (C=O) groups excluding carboxylic acids is 2. The first-order valence-corrected chi connectivity index (χ1v) is 8.32. The van der Waals surface area contributed by atoms with Gasteiger partial charge in [-0.3, -0.25) is 9.59 Å². The summed E-state index contributed by atoms with van der Waals surface area (Å²) in [5.41, 5.74) is 0.607. The van der Waals surface area contributed by atoms with E-state index >= 15 is 0 Å². The summed E-state index contributed by atoms with van der Waals surface area (Å²) in [4.78, 5) is 28.1. The molecule has 1 aliphatic heterocycles. The van der Waals surface area contributed by atoms with Crippen LogP contribution in [-0.4, -0.2) is 47.8 Å². The molecule has 1 aromatic rings. The molecule has 2 amide bonds. The van der Waals surface area contributed by atoms with Crippen LogP contribution < -0.4 is 0 Å². The molecule has 120 valence electrons. The molecule has 1 fully saturated rings. The van der Waals surface area contributed by atoms with Crippen molar-refractivity contribution < 1.29 is 9.59 Å². The van der Waals surface area contributed by atoms with Crippen molar-refractivity contribution in [3.05, 3.63) is 34.9 Å². The van der Waals surface area contributed by atoms with E-state index < -0.39 is 0 Å². The Morgan fingerprint density at radius 3 is 2.41 bits per heavy atom. The topological polar surface area (TPSA) is 40.6 Å². The number of piperazine rings is 1. The monoisotopic (exact) mass is 322 g/mol. The number of carbonyl (C=O) groups is 2. The molecule has 1 aliphatic rings. The van der Waals surface area contributed by atoms with Crippen LogP contribution >= 0.6 is 11.6 Å². The lowest BCUT2D eigenvalue weighted by molar-refractivity contribution is -0.132. The molecule has 0 saturated carbocycles. The summed E-state index contributed by atoms with van der Waals surface area (Å²) in [6.45, 7) is 4.55. The van der Waals surface area contributed by atoms with Gasteiger partial charge in [0.1, 0.15) is 0 Å². The highest BCUT2D eigenvalue weighted by atomic mass is 35.5. The molecule has 0 radical (unpaired) electrons. The van der Waals surface area contributed by atoms with Gasteiger partial charge in [0.15, 0.2) is 0 Å². The van der Waals surface area contributed by atoms with E-state index in [2.05, 4.69) is 6.92 Å². The van der Waals surface area contributed by atoms with Gasteiger partial charge in [0.05, 0.1) is 0 Å². The highest BCUT2D eigenvalue weighted by Crippen LogP contribution is 2.14. The van der Waals surface area contributed by atoms with E-state index in [1.165, 1.54) is 0 Å². The van der Waals surface area contributed by atoms with E-state index in [9.17, 15) is 9.59 Å². The van der Waals surface area contributed by atoms with Crippen LogP contribution in [0.2, 0.25) is 5.02 Å². The van der Waals surface area contributed by atoms with Crippen molar-refractivity contribution >= 4 is 23.4 Å². The van der Waals surface area contributed by atoms with Gasteiger partial charge in [-0.2, -0.15) is 0 Å². The van der Waals surface area contributed by atoms with Crippen molar-refractivity contribution in [2.24, 2.45) is 0 Å².